The number of nitrogens with zero attached hydrogens (tertiary/aromatic N) is 3. The number of imidazole rings is 1. The lowest BCUT2D eigenvalue weighted by Gasteiger charge is -2.07. The third-order valence-corrected chi connectivity index (χ3v) is 3.28. The Bertz CT molecular complexity index is 637. The van der Waals surface area contributed by atoms with Crippen LogP contribution < -0.4 is 10.5 Å². The van der Waals surface area contributed by atoms with Crippen LogP contribution in [0, 0.1) is 6.92 Å². The van der Waals surface area contributed by atoms with Crippen LogP contribution in [0.4, 0.5) is 5.95 Å². The molecule has 2 rings (SSSR count). The number of benzene rings is 1. The van der Waals surface area contributed by atoms with Crippen LogP contribution >= 0.6 is 15.9 Å². The van der Waals surface area contributed by atoms with Crippen molar-refractivity contribution in [3.8, 4) is 11.5 Å². The number of ether oxygens (including phenoxy) is 1. The van der Waals surface area contributed by atoms with Crippen LogP contribution in [0.3, 0.4) is 0 Å². The molecular weight excluding hydrogens is 312 g/mol. The summed E-state index contributed by atoms with van der Waals surface area (Å²) < 4.78 is 7.19. The van der Waals surface area contributed by atoms with Crippen LogP contribution in [-0.2, 0) is 0 Å². The van der Waals surface area contributed by atoms with Gasteiger partial charge in [-0.2, -0.15) is 5.10 Å². The summed E-state index contributed by atoms with van der Waals surface area (Å²) >= 11 is 3.36. The maximum absolute atomic E-state index is 9.61. The van der Waals surface area contributed by atoms with Crippen LogP contribution in [0.15, 0.2) is 27.9 Å². The van der Waals surface area contributed by atoms with Crippen LogP contribution in [0.5, 0.6) is 11.5 Å². The third-order valence-electron chi connectivity index (χ3n) is 2.47. The first kappa shape index (κ1) is 13.4. The second-order valence-electron chi connectivity index (χ2n) is 3.85. The molecule has 0 saturated carbocycles. The van der Waals surface area contributed by atoms with Crippen molar-refractivity contribution >= 4 is 28.1 Å². The highest BCUT2D eigenvalue weighted by molar-refractivity contribution is 9.10. The summed E-state index contributed by atoms with van der Waals surface area (Å²) in [6, 6.07) is 3.25. The Morgan fingerprint density at radius 2 is 2.26 bits per heavy atom. The molecule has 100 valence electrons. The van der Waals surface area contributed by atoms with Crippen molar-refractivity contribution in [1.29, 1.82) is 0 Å². The van der Waals surface area contributed by atoms with Gasteiger partial charge in [-0.3, -0.25) is 0 Å². The van der Waals surface area contributed by atoms with Gasteiger partial charge < -0.3 is 15.6 Å². The molecule has 6 nitrogen and oxygen atoms in total. The summed E-state index contributed by atoms with van der Waals surface area (Å²) in [5.41, 5.74) is 7.22. The predicted octanol–water partition coefficient (Wildman–Crippen LogP) is 2.13. The topological polar surface area (TPSA) is 85.7 Å². The van der Waals surface area contributed by atoms with E-state index in [4.69, 9.17) is 10.5 Å². The minimum Gasteiger partial charge on any atom is -0.504 e. The first-order valence-electron chi connectivity index (χ1n) is 5.44. The van der Waals surface area contributed by atoms with Crippen molar-refractivity contribution in [3.63, 3.8) is 0 Å². The van der Waals surface area contributed by atoms with Crippen LogP contribution in [0.1, 0.15) is 11.3 Å². The van der Waals surface area contributed by atoms with Gasteiger partial charge in [-0.05, 0) is 35.0 Å². The van der Waals surface area contributed by atoms with Gasteiger partial charge in [-0.1, -0.05) is 0 Å². The number of halogens is 1. The molecule has 1 aromatic heterocycles. The summed E-state index contributed by atoms with van der Waals surface area (Å²) in [4.78, 5) is 4.04. The molecule has 19 heavy (non-hydrogen) atoms. The molecule has 7 heteroatoms. The molecule has 0 fully saturated rings. The maximum atomic E-state index is 9.61. The SMILES string of the molecule is COc1c(O)ccc(C=Nn2cc(C)nc2N)c1Br. The number of phenols is 1. The molecule has 0 spiro atoms. The summed E-state index contributed by atoms with van der Waals surface area (Å²) in [5.74, 6) is 0.735. The number of nitrogens with two attached hydrogens (primary N) is 1. The quantitative estimate of drug-likeness (QED) is 0.847. The van der Waals surface area contributed by atoms with Crippen molar-refractivity contribution in [2.24, 2.45) is 5.10 Å². The van der Waals surface area contributed by atoms with Gasteiger partial charge in [0.15, 0.2) is 11.5 Å². The van der Waals surface area contributed by atoms with Crippen molar-refractivity contribution in [1.82, 2.24) is 9.66 Å². The van der Waals surface area contributed by atoms with E-state index < -0.39 is 0 Å². The van der Waals surface area contributed by atoms with Crippen molar-refractivity contribution in [2.75, 3.05) is 12.8 Å². The number of nitrogen functional groups attached to an aromatic ring is 1. The molecule has 0 atom stereocenters. The van der Waals surface area contributed by atoms with Gasteiger partial charge >= 0.3 is 0 Å². The van der Waals surface area contributed by atoms with Gasteiger partial charge in [-0.15, -0.1) is 0 Å². The highest BCUT2D eigenvalue weighted by atomic mass is 79.9. The molecule has 0 aliphatic carbocycles. The molecule has 1 heterocycles. The maximum Gasteiger partial charge on any atom is 0.221 e. The Kier molecular flexibility index (Phi) is 3.75. The Labute approximate surface area is 118 Å². The highest BCUT2D eigenvalue weighted by Gasteiger charge is 2.10. The smallest absolute Gasteiger partial charge is 0.221 e. The fraction of sp³-hybridized carbons (Fsp3) is 0.167. The zero-order valence-electron chi connectivity index (χ0n) is 10.5. The van der Waals surface area contributed by atoms with E-state index in [1.807, 2.05) is 6.92 Å². The van der Waals surface area contributed by atoms with Gasteiger partial charge in [0, 0.05) is 5.56 Å². The van der Waals surface area contributed by atoms with Gasteiger partial charge in [0.2, 0.25) is 5.95 Å². The van der Waals surface area contributed by atoms with Crippen LogP contribution in [0.2, 0.25) is 0 Å². The first-order valence-corrected chi connectivity index (χ1v) is 6.23. The lowest BCUT2D eigenvalue weighted by atomic mass is 10.2. The number of hydrogen-bond acceptors (Lipinski definition) is 5. The molecule has 0 radical (unpaired) electrons. The second-order valence-corrected chi connectivity index (χ2v) is 4.64. The minimum absolute atomic E-state index is 0.0597. The number of methoxy groups -OCH3 is 1. The van der Waals surface area contributed by atoms with E-state index in [1.54, 1.807) is 18.5 Å². The predicted molar refractivity (Wildman–Crippen MR) is 76.7 cm³/mol. The molecule has 0 amide bonds. The van der Waals surface area contributed by atoms with Gasteiger partial charge in [0.25, 0.3) is 0 Å². The number of aromatic nitrogens is 2. The van der Waals surface area contributed by atoms with E-state index in [-0.39, 0.29) is 5.75 Å². The fourth-order valence-corrected chi connectivity index (χ4v) is 2.18. The molecular formula is C12H13BrN4O2. The highest BCUT2D eigenvalue weighted by Crippen LogP contribution is 2.36. The van der Waals surface area contributed by atoms with Crippen molar-refractivity contribution < 1.29 is 9.84 Å². The number of phenolic OH excluding ortho intramolecular Hbond substituents is 1. The molecule has 0 aliphatic heterocycles. The number of aryl methyl sites for hydroxylation is 1. The summed E-state index contributed by atoms with van der Waals surface area (Å²) in [6.45, 7) is 1.84. The lowest BCUT2D eigenvalue weighted by Crippen LogP contribution is -1.97. The molecule has 0 aliphatic rings. The summed E-state index contributed by atoms with van der Waals surface area (Å²) in [6.07, 6.45) is 3.32. The van der Waals surface area contributed by atoms with Crippen molar-refractivity contribution in [2.45, 2.75) is 6.92 Å². The number of rotatable bonds is 3. The number of hydrogen-bond donors (Lipinski definition) is 2. The zero-order valence-corrected chi connectivity index (χ0v) is 12.0. The van der Waals surface area contributed by atoms with Crippen LogP contribution in [-0.4, -0.2) is 28.1 Å². The fourth-order valence-electron chi connectivity index (χ4n) is 1.58. The monoisotopic (exact) mass is 324 g/mol. The van der Waals surface area contributed by atoms with E-state index in [0.717, 1.165) is 11.3 Å². The van der Waals surface area contributed by atoms with Crippen molar-refractivity contribution in [3.05, 3.63) is 34.1 Å². The normalized spacial score (nSPS) is 11.1. The third kappa shape index (κ3) is 2.70. The standard InChI is InChI=1S/C12H13BrN4O2/c1-7-6-17(12(14)16-7)15-5-8-3-4-9(18)11(19-2)10(8)13/h3-6,18H,1-2H3,(H2,14,16). The lowest BCUT2D eigenvalue weighted by molar-refractivity contribution is 0.371. The number of aromatic hydroxyl groups is 1. The zero-order chi connectivity index (χ0) is 14.0. The van der Waals surface area contributed by atoms with E-state index >= 15 is 0 Å². The average Bonchev–Trinajstić information content (AvgIpc) is 2.67. The van der Waals surface area contributed by atoms with E-state index in [1.165, 1.54) is 17.9 Å². The molecule has 3 N–H and O–H groups in total. The largest absolute Gasteiger partial charge is 0.504 e. The van der Waals surface area contributed by atoms with E-state index in [2.05, 4.69) is 26.0 Å². The second kappa shape index (κ2) is 5.31. The molecule has 2 aromatic rings. The Morgan fingerprint density at radius 1 is 1.53 bits per heavy atom. The molecule has 1 aromatic carbocycles. The molecule has 0 bridgehead atoms. The van der Waals surface area contributed by atoms with Gasteiger partial charge in [-0.25, -0.2) is 9.66 Å². The van der Waals surface area contributed by atoms with Gasteiger partial charge in [0.1, 0.15) is 0 Å². The Balaban J connectivity index is 2.36. The first-order chi connectivity index (χ1) is 9.02. The van der Waals surface area contributed by atoms with Gasteiger partial charge in [0.05, 0.1) is 29.7 Å². The molecule has 0 saturated heterocycles. The number of anilines is 1. The van der Waals surface area contributed by atoms with Crippen LogP contribution in [0.25, 0.3) is 0 Å². The van der Waals surface area contributed by atoms with E-state index in [0.29, 0.717) is 16.2 Å². The average molecular weight is 325 g/mol. The Hall–Kier alpha value is -2.02. The van der Waals surface area contributed by atoms with E-state index in [9.17, 15) is 5.11 Å². The summed E-state index contributed by atoms with van der Waals surface area (Å²) in [7, 11) is 1.48. The summed E-state index contributed by atoms with van der Waals surface area (Å²) in [5, 5.41) is 13.8. The molecule has 0 unspecified atom stereocenters. The minimum atomic E-state index is 0.0597. The Morgan fingerprint density at radius 3 is 2.84 bits per heavy atom.